The molecule has 0 aliphatic carbocycles. The first-order valence-electron chi connectivity index (χ1n) is 5.77. The molecule has 2 N–H and O–H groups in total. The lowest BCUT2D eigenvalue weighted by atomic mass is 10.2. The minimum atomic E-state index is -0.874. The van der Waals surface area contributed by atoms with Gasteiger partial charge in [-0.05, 0) is 18.9 Å². The number of nitrogens with one attached hydrogen (secondary N) is 1. The first kappa shape index (κ1) is 14.0. The van der Waals surface area contributed by atoms with Crippen molar-refractivity contribution < 1.29 is 19.4 Å². The zero-order valence-corrected chi connectivity index (χ0v) is 10.3. The molecular formula is C13H17NO4. The van der Waals surface area contributed by atoms with Crippen LogP contribution < -0.4 is 5.32 Å². The second-order valence-corrected chi connectivity index (χ2v) is 4.04. The molecule has 0 saturated heterocycles. The van der Waals surface area contributed by atoms with Crippen LogP contribution in [-0.2, 0) is 16.1 Å². The summed E-state index contributed by atoms with van der Waals surface area (Å²) in [6.45, 7) is 1.95. The second-order valence-electron chi connectivity index (χ2n) is 4.04. The number of carbonyl (C=O) groups excluding carboxylic acids is 1. The number of carbonyl (C=O) groups is 2. The van der Waals surface area contributed by atoms with Crippen LogP contribution in [0.5, 0.6) is 0 Å². The Balaban J connectivity index is 2.23. The van der Waals surface area contributed by atoms with Gasteiger partial charge in [-0.15, -0.1) is 0 Å². The van der Waals surface area contributed by atoms with E-state index in [4.69, 9.17) is 9.84 Å². The number of hydrogen-bond acceptors (Lipinski definition) is 3. The maximum atomic E-state index is 11.4. The number of amides is 1. The molecule has 0 radical (unpaired) electrons. The van der Waals surface area contributed by atoms with E-state index < -0.39 is 12.1 Å². The lowest BCUT2D eigenvalue weighted by molar-refractivity contribution is -0.137. The van der Waals surface area contributed by atoms with Crippen molar-refractivity contribution in [3.8, 4) is 0 Å². The van der Waals surface area contributed by atoms with Crippen LogP contribution in [0.4, 0.5) is 4.79 Å². The van der Waals surface area contributed by atoms with Crippen molar-refractivity contribution in [2.45, 2.75) is 32.4 Å². The van der Waals surface area contributed by atoms with E-state index in [9.17, 15) is 9.59 Å². The molecule has 1 unspecified atom stereocenters. The first-order chi connectivity index (χ1) is 8.58. The van der Waals surface area contributed by atoms with E-state index in [1.54, 1.807) is 6.92 Å². The minimum absolute atomic E-state index is 0.0279. The highest BCUT2D eigenvalue weighted by Gasteiger charge is 2.09. The molecule has 0 saturated carbocycles. The van der Waals surface area contributed by atoms with E-state index in [1.807, 2.05) is 30.3 Å². The smallest absolute Gasteiger partial charge is 0.407 e. The molecule has 0 spiro atoms. The van der Waals surface area contributed by atoms with Crippen molar-refractivity contribution >= 4 is 12.1 Å². The van der Waals surface area contributed by atoms with Crippen molar-refractivity contribution in [3.63, 3.8) is 0 Å². The summed E-state index contributed by atoms with van der Waals surface area (Å²) >= 11 is 0. The summed E-state index contributed by atoms with van der Waals surface area (Å²) in [5.74, 6) is -0.874. The van der Waals surface area contributed by atoms with Crippen LogP contribution >= 0.6 is 0 Å². The Bertz CT molecular complexity index is 391. The van der Waals surface area contributed by atoms with E-state index >= 15 is 0 Å². The quantitative estimate of drug-likeness (QED) is 0.812. The number of alkyl carbamates (subject to hydrolysis) is 1. The summed E-state index contributed by atoms with van der Waals surface area (Å²) < 4.78 is 5.01. The van der Waals surface area contributed by atoms with Crippen LogP contribution in [0.2, 0.25) is 0 Å². The van der Waals surface area contributed by atoms with Gasteiger partial charge in [-0.3, -0.25) is 4.79 Å². The Morgan fingerprint density at radius 3 is 2.61 bits per heavy atom. The molecule has 1 aromatic carbocycles. The standard InChI is InChI=1S/C13H17NO4/c1-10(7-8-12(15)16)14-13(17)18-9-11-5-3-2-4-6-11/h2-6,10H,7-9H2,1H3,(H,14,17)(H,15,16). The first-order valence-corrected chi connectivity index (χ1v) is 5.77. The zero-order valence-electron chi connectivity index (χ0n) is 10.3. The second kappa shape index (κ2) is 7.32. The fraction of sp³-hybridized carbons (Fsp3) is 0.385. The Hall–Kier alpha value is -2.04. The molecule has 5 nitrogen and oxygen atoms in total. The summed E-state index contributed by atoms with van der Waals surface area (Å²) in [5.41, 5.74) is 0.908. The van der Waals surface area contributed by atoms with Gasteiger partial charge in [-0.1, -0.05) is 30.3 Å². The monoisotopic (exact) mass is 251 g/mol. The molecule has 0 aromatic heterocycles. The van der Waals surface area contributed by atoms with Gasteiger partial charge in [0.2, 0.25) is 0 Å². The maximum Gasteiger partial charge on any atom is 0.407 e. The van der Waals surface area contributed by atoms with Gasteiger partial charge in [-0.2, -0.15) is 0 Å². The number of aliphatic carboxylic acids is 1. The van der Waals surface area contributed by atoms with Crippen LogP contribution in [0.25, 0.3) is 0 Å². The van der Waals surface area contributed by atoms with Gasteiger partial charge in [-0.25, -0.2) is 4.79 Å². The number of rotatable bonds is 6. The molecule has 1 atom stereocenters. The number of carboxylic acids is 1. The Morgan fingerprint density at radius 2 is 2.00 bits per heavy atom. The molecule has 0 fully saturated rings. The number of hydrogen-bond donors (Lipinski definition) is 2. The molecule has 5 heteroatoms. The Morgan fingerprint density at radius 1 is 1.33 bits per heavy atom. The number of carboxylic acid groups (broad SMARTS) is 1. The molecule has 0 heterocycles. The zero-order chi connectivity index (χ0) is 13.4. The van der Waals surface area contributed by atoms with Crippen LogP contribution in [0.1, 0.15) is 25.3 Å². The molecule has 0 bridgehead atoms. The van der Waals surface area contributed by atoms with Crippen molar-refractivity contribution in [3.05, 3.63) is 35.9 Å². The summed E-state index contributed by atoms with van der Waals surface area (Å²) in [6, 6.07) is 9.13. The molecule has 98 valence electrons. The lowest BCUT2D eigenvalue weighted by Gasteiger charge is -2.12. The lowest BCUT2D eigenvalue weighted by Crippen LogP contribution is -2.33. The van der Waals surface area contributed by atoms with E-state index in [0.29, 0.717) is 6.42 Å². The Kier molecular flexibility index (Phi) is 5.70. The van der Waals surface area contributed by atoms with Gasteiger partial charge in [0.05, 0.1) is 0 Å². The predicted octanol–water partition coefficient (Wildman–Crippen LogP) is 2.17. The fourth-order valence-corrected chi connectivity index (χ4v) is 1.38. The van der Waals surface area contributed by atoms with E-state index in [1.165, 1.54) is 0 Å². The highest BCUT2D eigenvalue weighted by atomic mass is 16.5. The van der Waals surface area contributed by atoms with E-state index in [2.05, 4.69) is 5.32 Å². The van der Waals surface area contributed by atoms with Crippen molar-refractivity contribution in [1.82, 2.24) is 5.32 Å². The average molecular weight is 251 g/mol. The van der Waals surface area contributed by atoms with Gasteiger partial charge in [0.1, 0.15) is 6.61 Å². The highest BCUT2D eigenvalue weighted by Crippen LogP contribution is 2.02. The topological polar surface area (TPSA) is 75.6 Å². The van der Waals surface area contributed by atoms with E-state index in [-0.39, 0.29) is 19.1 Å². The third kappa shape index (κ3) is 5.89. The van der Waals surface area contributed by atoms with E-state index in [0.717, 1.165) is 5.56 Å². The summed E-state index contributed by atoms with van der Waals surface area (Å²) in [5, 5.41) is 11.1. The summed E-state index contributed by atoms with van der Waals surface area (Å²) in [7, 11) is 0. The Labute approximate surface area is 106 Å². The van der Waals surface area contributed by atoms with Crippen LogP contribution in [-0.4, -0.2) is 23.2 Å². The third-order valence-corrected chi connectivity index (χ3v) is 2.37. The van der Waals surface area contributed by atoms with Gasteiger partial charge >= 0.3 is 12.1 Å². The molecule has 0 aliphatic heterocycles. The maximum absolute atomic E-state index is 11.4. The van der Waals surface area contributed by atoms with Crippen molar-refractivity contribution in [2.24, 2.45) is 0 Å². The SMILES string of the molecule is CC(CCC(=O)O)NC(=O)OCc1ccccc1. The van der Waals surface area contributed by atoms with Gasteiger partial charge in [0.25, 0.3) is 0 Å². The summed E-state index contributed by atoms with van der Waals surface area (Å²) in [6.07, 6.45) is -0.118. The van der Waals surface area contributed by atoms with Crippen LogP contribution in [0.3, 0.4) is 0 Å². The summed E-state index contributed by atoms with van der Waals surface area (Å²) in [4.78, 5) is 21.7. The van der Waals surface area contributed by atoms with Gasteiger partial charge in [0.15, 0.2) is 0 Å². The molecule has 1 aromatic rings. The van der Waals surface area contributed by atoms with Gasteiger partial charge < -0.3 is 15.2 Å². The van der Waals surface area contributed by atoms with Gasteiger partial charge in [0, 0.05) is 12.5 Å². The van der Waals surface area contributed by atoms with Crippen LogP contribution in [0, 0.1) is 0 Å². The number of ether oxygens (including phenoxy) is 1. The minimum Gasteiger partial charge on any atom is -0.481 e. The third-order valence-electron chi connectivity index (χ3n) is 2.37. The highest BCUT2D eigenvalue weighted by molar-refractivity contribution is 5.68. The molecular weight excluding hydrogens is 234 g/mol. The molecule has 0 aliphatic rings. The van der Waals surface area contributed by atoms with Crippen LogP contribution in [0.15, 0.2) is 30.3 Å². The average Bonchev–Trinajstić information content (AvgIpc) is 2.35. The normalized spacial score (nSPS) is 11.6. The van der Waals surface area contributed by atoms with Crippen molar-refractivity contribution in [1.29, 1.82) is 0 Å². The van der Waals surface area contributed by atoms with Crippen molar-refractivity contribution in [2.75, 3.05) is 0 Å². The predicted molar refractivity (Wildman–Crippen MR) is 66.1 cm³/mol. The molecule has 1 amide bonds. The number of benzene rings is 1. The molecule has 1 rings (SSSR count). The fourth-order valence-electron chi connectivity index (χ4n) is 1.38. The largest absolute Gasteiger partial charge is 0.481 e. The molecule has 18 heavy (non-hydrogen) atoms.